The molecule has 1 unspecified atom stereocenters. The van der Waals surface area contributed by atoms with Gasteiger partial charge in [-0.15, -0.1) is 0 Å². The number of urea groups is 1. The van der Waals surface area contributed by atoms with E-state index in [9.17, 15) is 14.4 Å². The highest BCUT2D eigenvalue weighted by atomic mass is 16.4. The number of imide groups is 1. The second kappa shape index (κ2) is 8.64. The molecule has 1 fully saturated rings. The summed E-state index contributed by atoms with van der Waals surface area (Å²) in [6.07, 6.45) is 3.32. The normalized spacial score (nSPS) is 19.2. The summed E-state index contributed by atoms with van der Waals surface area (Å²) in [5, 5.41) is 10.9. The van der Waals surface area contributed by atoms with Gasteiger partial charge in [0.2, 0.25) is 5.91 Å². The number of hydrogen-bond acceptors (Lipinski definition) is 3. The van der Waals surface area contributed by atoms with Crippen molar-refractivity contribution >= 4 is 17.9 Å². The van der Waals surface area contributed by atoms with Crippen LogP contribution in [0.5, 0.6) is 0 Å². The second-order valence-corrected chi connectivity index (χ2v) is 6.02. The third-order valence-corrected chi connectivity index (χ3v) is 4.04. The van der Waals surface area contributed by atoms with Gasteiger partial charge in [0.15, 0.2) is 0 Å². The number of nitrogens with one attached hydrogen (secondary N) is 1. The van der Waals surface area contributed by atoms with E-state index in [1.165, 1.54) is 0 Å². The van der Waals surface area contributed by atoms with Crippen LogP contribution in [0.4, 0.5) is 4.79 Å². The van der Waals surface area contributed by atoms with E-state index >= 15 is 0 Å². The zero-order valence-electron chi connectivity index (χ0n) is 12.9. The number of carbonyl (C=O) groups excluding carboxylic acids is 2. The highest BCUT2D eigenvalue weighted by Gasteiger charge is 2.23. The summed E-state index contributed by atoms with van der Waals surface area (Å²) in [7, 11) is 0. The summed E-state index contributed by atoms with van der Waals surface area (Å²) < 4.78 is 0. The number of hydrogen-bond donors (Lipinski definition) is 2. The molecule has 0 aromatic carbocycles. The van der Waals surface area contributed by atoms with Crippen molar-refractivity contribution in [3.05, 3.63) is 0 Å². The van der Waals surface area contributed by atoms with Crippen LogP contribution in [-0.4, -0.2) is 41.0 Å². The highest BCUT2D eigenvalue weighted by Crippen LogP contribution is 2.24. The third-order valence-electron chi connectivity index (χ3n) is 4.04. The second-order valence-electron chi connectivity index (χ2n) is 6.02. The Balaban J connectivity index is 2.34. The van der Waals surface area contributed by atoms with Crippen LogP contribution in [0, 0.1) is 11.8 Å². The molecule has 1 rings (SSSR count). The van der Waals surface area contributed by atoms with Crippen molar-refractivity contribution in [2.24, 2.45) is 11.8 Å². The summed E-state index contributed by atoms with van der Waals surface area (Å²) >= 11 is 0. The average molecular weight is 298 g/mol. The molecule has 0 saturated carbocycles. The Hall–Kier alpha value is -1.59. The number of aliphatic carboxylic acids is 1. The lowest BCUT2D eigenvalue weighted by molar-refractivity contribution is -0.137. The Morgan fingerprint density at radius 2 is 1.90 bits per heavy atom. The van der Waals surface area contributed by atoms with Gasteiger partial charge in [0, 0.05) is 25.9 Å². The quantitative estimate of drug-likeness (QED) is 0.815. The molecule has 6 heteroatoms. The van der Waals surface area contributed by atoms with Gasteiger partial charge in [-0.1, -0.05) is 13.8 Å². The number of amides is 3. The molecule has 0 aromatic heterocycles. The fourth-order valence-corrected chi connectivity index (χ4v) is 2.65. The largest absolute Gasteiger partial charge is 0.481 e. The summed E-state index contributed by atoms with van der Waals surface area (Å²) in [6, 6.07) is -0.347. The Kier molecular flexibility index (Phi) is 7.19. The Morgan fingerprint density at radius 1 is 1.19 bits per heavy atom. The van der Waals surface area contributed by atoms with Crippen molar-refractivity contribution in [2.45, 2.75) is 52.4 Å². The minimum atomic E-state index is -0.929. The molecule has 1 heterocycles. The van der Waals surface area contributed by atoms with E-state index in [4.69, 9.17) is 5.11 Å². The standard InChI is InChI=1S/C15H26N2O4/c1-11(2)12-5-4-9-17(10-8-12)15(21)16-13(18)6-3-7-14(19)20/h11-12H,3-10H2,1-2H3,(H,19,20)(H,16,18,21). The summed E-state index contributed by atoms with van der Waals surface area (Å²) in [6.45, 7) is 5.76. The van der Waals surface area contributed by atoms with Crippen molar-refractivity contribution in [3.63, 3.8) is 0 Å². The van der Waals surface area contributed by atoms with Gasteiger partial charge in [-0.05, 0) is 37.5 Å². The monoisotopic (exact) mass is 298 g/mol. The fraction of sp³-hybridized carbons (Fsp3) is 0.800. The smallest absolute Gasteiger partial charge is 0.324 e. The molecule has 1 aliphatic rings. The SMILES string of the molecule is CC(C)C1CCCN(C(=O)NC(=O)CCCC(=O)O)CC1. The molecule has 1 aliphatic heterocycles. The molecule has 120 valence electrons. The minimum Gasteiger partial charge on any atom is -0.481 e. The molecule has 0 aromatic rings. The van der Waals surface area contributed by atoms with E-state index in [1.807, 2.05) is 0 Å². The van der Waals surface area contributed by atoms with Gasteiger partial charge in [0.25, 0.3) is 0 Å². The number of likely N-dealkylation sites (tertiary alicyclic amines) is 1. The number of nitrogens with zero attached hydrogens (tertiary/aromatic N) is 1. The van der Waals surface area contributed by atoms with Crippen LogP contribution in [0.25, 0.3) is 0 Å². The van der Waals surface area contributed by atoms with Crippen LogP contribution in [0.1, 0.15) is 52.4 Å². The van der Waals surface area contributed by atoms with Gasteiger partial charge in [-0.3, -0.25) is 14.9 Å². The van der Waals surface area contributed by atoms with E-state index in [-0.39, 0.29) is 25.3 Å². The Labute approximate surface area is 125 Å². The lowest BCUT2D eigenvalue weighted by atomic mass is 9.89. The van der Waals surface area contributed by atoms with E-state index in [1.54, 1.807) is 4.90 Å². The Morgan fingerprint density at radius 3 is 2.52 bits per heavy atom. The van der Waals surface area contributed by atoms with E-state index in [2.05, 4.69) is 19.2 Å². The number of rotatable bonds is 5. The molecular formula is C15H26N2O4. The van der Waals surface area contributed by atoms with Crippen molar-refractivity contribution in [3.8, 4) is 0 Å². The van der Waals surface area contributed by atoms with Crippen molar-refractivity contribution in [1.29, 1.82) is 0 Å². The van der Waals surface area contributed by atoms with Crippen LogP contribution in [-0.2, 0) is 9.59 Å². The molecule has 2 N–H and O–H groups in total. The maximum absolute atomic E-state index is 12.0. The highest BCUT2D eigenvalue weighted by molar-refractivity contribution is 5.94. The van der Waals surface area contributed by atoms with E-state index in [0.717, 1.165) is 19.3 Å². The zero-order valence-corrected chi connectivity index (χ0v) is 12.9. The first-order chi connectivity index (χ1) is 9.90. The third kappa shape index (κ3) is 6.60. The first-order valence-corrected chi connectivity index (χ1v) is 7.70. The summed E-state index contributed by atoms with van der Waals surface area (Å²) in [5.74, 6) is -0.0768. The van der Waals surface area contributed by atoms with Crippen LogP contribution in [0.15, 0.2) is 0 Å². The number of carbonyl (C=O) groups is 3. The van der Waals surface area contributed by atoms with Gasteiger partial charge >= 0.3 is 12.0 Å². The zero-order chi connectivity index (χ0) is 15.8. The molecule has 6 nitrogen and oxygen atoms in total. The fourth-order valence-electron chi connectivity index (χ4n) is 2.65. The van der Waals surface area contributed by atoms with E-state index < -0.39 is 11.9 Å². The lowest BCUT2D eigenvalue weighted by Crippen LogP contribution is -2.43. The molecular weight excluding hydrogens is 272 g/mol. The molecule has 0 aliphatic carbocycles. The van der Waals surface area contributed by atoms with Crippen LogP contribution in [0.3, 0.4) is 0 Å². The predicted molar refractivity (Wildman–Crippen MR) is 78.8 cm³/mol. The van der Waals surface area contributed by atoms with Gasteiger partial charge in [0.1, 0.15) is 0 Å². The van der Waals surface area contributed by atoms with Crippen LogP contribution >= 0.6 is 0 Å². The van der Waals surface area contributed by atoms with Crippen molar-refractivity contribution in [1.82, 2.24) is 10.2 Å². The van der Waals surface area contributed by atoms with Gasteiger partial charge in [-0.2, -0.15) is 0 Å². The van der Waals surface area contributed by atoms with Crippen molar-refractivity contribution < 1.29 is 19.5 Å². The van der Waals surface area contributed by atoms with Crippen molar-refractivity contribution in [2.75, 3.05) is 13.1 Å². The van der Waals surface area contributed by atoms with Gasteiger partial charge < -0.3 is 10.0 Å². The topological polar surface area (TPSA) is 86.7 Å². The number of carboxylic acid groups (broad SMARTS) is 1. The van der Waals surface area contributed by atoms with E-state index in [0.29, 0.717) is 24.9 Å². The summed E-state index contributed by atoms with van der Waals surface area (Å²) in [5.41, 5.74) is 0. The first-order valence-electron chi connectivity index (χ1n) is 7.70. The molecule has 0 bridgehead atoms. The van der Waals surface area contributed by atoms with Crippen LogP contribution < -0.4 is 5.32 Å². The lowest BCUT2D eigenvalue weighted by Gasteiger charge is -2.21. The molecule has 21 heavy (non-hydrogen) atoms. The van der Waals surface area contributed by atoms with Gasteiger partial charge in [-0.25, -0.2) is 4.79 Å². The maximum atomic E-state index is 12.0. The Bertz CT molecular complexity index is 382. The predicted octanol–water partition coefficient (Wildman–Crippen LogP) is 2.24. The average Bonchev–Trinajstić information content (AvgIpc) is 2.63. The molecule has 1 saturated heterocycles. The minimum absolute atomic E-state index is 0.0542. The molecule has 3 amide bonds. The van der Waals surface area contributed by atoms with Crippen LogP contribution in [0.2, 0.25) is 0 Å². The molecule has 0 spiro atoms. The van der Waals surface area contributed by atoms with Gasteiger partial charge in [0.05, 0.1) is 0 Å². The molecule has 1 atom stereocenters. The first kappa shape index (κ1) is 17.5. The summed E-state index contributed by atoms with van der Waals surface area (Å²) in [4.78, 5) is 35.7. The molecule has 0 radical (unpaired) electrons. The maximum Gasteiger partial charge on any atom is 0.324 e. The number of carboxylic acids is 1.